The highest BCUT2D eigenvalue weighted by Gasteiger charge is 2.40. The van der Waals surface area contributed by atoms with Crippen molar-refractivity contribution in [1.29, 1.82) is 0 Å². The maximum Gasteiger partial charge on any atom is 0.277 e. The summed E-state index contributed by atoms with van der Waals surface area (Å²) in [6.45, 7) is 5.83. The van der Waals surface area contributed by atoms with Gasteiger partial charge in [0.2, 0.25) is 10.0 Å². The van der Waals surface area contributed by atoms with Gasteiger partial charge in [0, 0.05) is 32.7 Å². The van der Waals surface area contributed by atoms with Crippen molar-refractivity contribution in [2.24, 2.45) is 5.92 Å². The second-order valence-corrected chi connectivity index (χ2v) is 12.2. The number of aliphatic hydroxyl groups excluding tert-OH is 2. The molecule has 4 N–H and O–H groups in total. The molecule has 1 aliphatic heterocycles. The standard InChI is InChI=1S/C27H39N5O7S/c1-4-6-23-28-18(3)24-26(35)29-25(30-32(23)24)21-17-20(7-8-22(21)39-5-2)40(37,38)31-13-9-19(10-14-31)27(36,11-15-33)12-16-34/h7-8,17,19,33-34,36H,4-6,9-16H2,1-3H3,(H,29,30,35). The first-order chi connectivity index (χ1) is 19.1. The number of aromatic amines is 1. The van der Waals surface area contributed by atoms with Crippen LogP contribution in [0, 0.1) is 12.8 Å². The van der Waals surface area contributed by atoms with Gasteiger partial charge in [-0.3, -0.25) is 4.79 Å². The number of aryl methyl sites for hydroxylation is 2. The topological polar surface area (TPSA) is 170 Å². The van der Waals surface area contributed by atoms with Crippen LogP contribution in [0.4, 0.5) is 0 Å². The van der Waals surface area contributed by atoms with Crippen LogP contribution in [-0.2, 0) is 16.4 Å². The average Bonchev–Trinajstić information content (AvgIpc) is 3.24. The summed E-state index contributed by atoms with van der Waals surface area (Å²) in [5.41, 5.74) is -0.374. The van der Waals surface area contributed by atoms with E-state index in [1.54, 1.807) is 13.0 Å². The Balaban J connectivity index is 1.69. The predicted octanol–water partition coefficient (Wildman–Crippen LogP) is 1.64. The van der Waals surface area contributed by atoms with Gasteiger partial charge in [0.15, 0.2) is 11.3 Å². The molecular weight excluding hydrogens is 538 g/mol. The fraction of sp³-hybridized carbons (Fsp3) is 0.593. The molecule has 13 heteroatoms. The summed E-state index contributed by atoms with van der Waals surface area (Å²) in [7, 11) is -3.92. The van der Waals surface area contributed by atoms with Crippen molar-refractivity contribution >= 4 is 15.5 Å². The van der Waals surface area contributed by atoms with Crippen LogP contribution >= 0.6 is 0 Å². The van der Waals surface area contributed by atoms with Crippen LogP contribution in [0.1, 0.15) is 57.5 Å². The third kappa shape index (κ3) is 5.79. The number of aliphatic hydroxyl groups is 3. The van der Waals surface area contributed by atoms with Crippen molar-refractivity contribution in [3.8, 4) is 17.1 Å². The fourth-order valence-corrected chi connectivity index (χ4v) is 7.08. The molecule has 0 spiro atoms. The van der Waals surface area contributed by atoms with E-state index in [2.05, 4.69) is 15.1 Å². The molecule has 0 saturated carbocycles. The van der Waals surface area contributed by atoms with Gasteiger partial charge in [-0.25, -0.2) is 17.9 Å². The zero-order valence-electron chi connectivity index (χ0n) is 23.3. The fourth-order valence-electron chi connectivity index (χ4n) is 5.58. The summed E-state index contributed by atoms with van der Waals surface area (Å²) in [5, 5.41) is 34.4. The lowest BCUT2D eigenvalue weighted by Crippen LogP contribution is -2.47. The Hall–Kier alpha value is -2.84. The van der Waals surface area contributed by atoms with Gasteiger partial charge in [-0.1, -0.05) is 6.92 Å². The van der Waals surface area contributed by atoms with E-state index in [-0.39, 0.29) is 61.3 Å². The smallest absolute Gasteiger partial charge is 0.277 e. The quantitative estimate of drug-likeness (QED) is 0.250. The van der Waals surface area contributed by atoms with E-state index in [1.165, 1.54) is 21.0 Å². The molecule has 3 aromatic rings. The number of nitrogens with zero attached hydrogens (tertiary/aromatic N) is 4. The zero-order valence-corrected chi connectivity index (χ0v) is 24.1. The Kier molecular flexibility index (Phi) is 9.30. The zero-order chi connectivity index (χ0) is 29.1. The molecule has 1 aliphatic rings. The second kappa shape index (κ2) is 12.4. The van der Waals surface area contributed by atoms with Gasteiger partial charge in [0.25, 0.3) is 5.56 Å². The molecule has 0 atom stereocenters. The molecule has 12 nitrogen and oxygen atoms in total. The van der Waals surface area contributed by atoms with E-state index < -0.39 is 15.6 Å². The molecular formula is C27H39N5O7S. The van der Waals surface area contributed by atoms with Gasteiger partial charge < -0.3 is 25.0 Å². The van der Waals surface area contributed by atoms with Gasteiger partial charge in [0.05, 0.1) is 28.4 Å². The number of ether oxygens (including phenoxy) is 1. The molecule has 0 bridgehead atoms. The van der Waals surface area contributed by atoms with Crippen molar-refractivity contribution < 1.29 is 28.5 Å². The van der Waals surface area contributed by atoms with E-state index in [0.717, 1.165) is 6.42 Å². The Labute approximate surface area is 233 Å². The average molecular weight is 578 g/mol. The van der Waals surface area contributed by atoms with Crippen molar-refractivity contribution in [1.82, 2.24) is 23.9 Å². The number of aromatic nitrogens is 4. The molecule has 220 valence electrons. The molecule has 3 heterocycles. The number of piperidine rings is 1. The Morgan fingerprint density at radius 1 is 1.15 bits per heavy atom. The maximum atomic E-state index is 13.7. The van der Waals surface area contributed by atoms with Crippen molar-refractivity contribution in [2.45, 2.75) is 69.8 Å². The molecule has 40 heavy (non-hydrogen) atoms. The van der Waals surface area contributed by atoms with E-state index in [1.807, 2.05) is 13.8 Å². The third-order valence-electron chi connectivity index (χ3n) is 7.66. The number of benzene rings is 1. The number of H-pyrrole nitrogens is 1. The van der Waals surface area contributed by atoms with Gasteiger partial charge >= 0.3 is 0 Å². The molecule has 0 aliphatic carbocycles. The number of fused-ring (bicyclic) bond motifs is 1. The van der Waals surface area contributed by atoms with Gasteiger partial charge in [0.1, 0.15) is 11.6 Å². The van der Waals surface area contributed by atoms with Crippen LogP contribution < -0.4 is 10.3 Å². The molecule has 0 amide bonds. The van der Waals surface area contributed by atoms with Crippen LogP contribution in [0.5, 0.6) is 5.75 Å². The third-order valence-corrected chi connectivity index (χ3v) is 9.56. The first-order valence-electron chi connectivity index (χ1n) is 13.8. The first-order valence-corrected chi connectivity index (χ1v) is 15.2. The van der Waals surface area contributed by atoms with Crippen LogP contribution in [-0.4, -0.2) is 86.1 Å². The van der Waals surface area contributed by atoms with E-state index in [4.69, 9.17) is 4.74 Å². The lowest BCUT2D eigenvalue weighted by atomic mass is 9.77. The Bertz CT molecular complexity index is 1490. The van der Waals surface area contributed by atoms with E-state index in [0.29, 0.717) is 54.2 Å². The SMILES string of the molecule is CCCc1nc(C)c2c(=O)[nH]c(-c3cc(S(=O)(=O)N4CCC(C(O)(CCO)CCO)CC4)ccc3OCC)nn12. The molecule has 1 fully saturated rings. The predicted molar refractivity (Wildman–Crippen MR) is 149 cm³/mol. The number of sulfonamides is 1. The summed E-state index contributed by atoms with van der Waals surface area (Å²) in [6, 6.07) is 4.51. The van der Waals surface area contributed by atoms with Crippen LogP contribution in [0.3, 0.4) is 0 Å². The number of hydrogen-bond donors (Lipinski definition) is 4. The largest absolute Gasteiger partial charge is 0.493 e. The van der Waals surface area contributed by atoms with Crippen LogP contribution in [0.2, 0.25) is 0 Å². The van der Waals surface area contributed by atoms with E-state index in [9.17, 15) is 28.5 Å². The number of rotatable bonds is 12. The minimum absolute atomic E-state index is 0.0312. The number of nitrogens with one attached hydrogen (secondary N) is 1. The normalized spacial score (nSPS) is 15.7. The minimum Gasteiger partial charge on any atom is -0.493 e. The summed E-state index contributed by atoms with van der Waals surface area (Å²) < 4.78 is 36.1. The number of imidazole rings is 1. The number of hydrogen-bond acceptors (Lipinski definition) is 9. The molecule has 4 rings (SSSR count). The highest BCUT2D eigenvalue weighted by molar-refractivity contribution is 7.89. The van der Waals surface area contributed by atoms with Gasteiger partial charge in [-0.05, 0) is 70.1 Å². The second-order valence-electron chi connectivity index (χ2n) is 10.2. The molecule has 2 aromatic heterocycles. The minimum atomic E-state index is -3.92. The summed E-state index contributed by atoms with van der Waals surface area (Å²) >= 11 is 0. The molecule has 0 radical (unpaired) electrons. The molecule has 1 aromatic carbocycles. The van der Waals surface area contributed by atoms with E-state index >= 15 is 0 Å². The lowest BCUT2D eigenvalue weighted by Gasteiger charge is -2.41. The Morgan fingerprint density at radius 3 is 2.42 bits per heavy atom. The van der Waals surface area contributed by atoms with Gasteiger partial charge in [-0.15, -0.1) is 5.10 Å². The summed E-state index contributed by atoms with van der Waals surface area (Å²) in [4.78, 5) is 20.4. The molecule has 0 unspecified atom stereocenters. The van der Waals surface area contributed by atoms with Crippen molar-refractivity contribution in [2.75, 3.05) is 32.9 Å². The van der Waals surface area contributed by atoms with Crippen LogP contribution in [0.15, 0.2) is 27.9 Å². The van der Waals surface area contributed by atoms with Crippen molar-refractivity contribution in [3.63, 3.8) is 0 Å². The Morgan fingerprint density at radius 2 is 1.82 bits per heavy atom. The first kappa shape index (κ1) is 30.1. The van der Waals surface area contributed by atoms with Crippen molar-refractivity contribution in [3.05, 3.63) is 40.1 Å². The summed E-state index contributed by atoms with van der Waals surface area (Å²) in [6.07, 6.45) is 2.47. The monoisotopic (exact) mass is 577 g/mol. The summed E-state index contributed by atoms with van der Waals surface area (Å²) in [5.74, 6) is 0.958. The highest BCUT2D eigenvalue weighted by Crippen LogP contribution is 2.36. The van der Waals surface area contributed by atoms with Crippen LogP contribution in [0.25, 0.3) is 16.9 Å². The maximum absolute atomic E-state index is 13.7. The lowest BCUT2D eigenvalue weighted by molar-refractivity contribution is -0.0675. The molecule has 1 saturated heterocycles. The highest BCUT2D eigenvalue weighted by atomic mass is 32.2. The van der Waals surface area contributed by atoms with Gasteiger partial charge in [-0.2, -0.15) is 4.31 Å².